The average molecular weight is 141 g/mol. The molecule has 2 heteroatoms. The molecule has 0 aromatic carbocycles. The molecule has 0 saturated heterocycles. The maximum atomic E-state index is 9.50. The van der Waals surface area contributed by atoms with E-state index in [0.29, 0.717) is 6.54 Å². The van der Waals surface area contributed by atoms with Crippen molar-refractivity contribution in [3.8, 4) is 0 Å². The lowest BCUT2D eigenvalue weighted by Gasteiger charge is -2.26. The molecule has 0 fully saturated rings. The molecule has 0 radical (unpaired) electrons. The van der Waals surface area contributed by atoms with Crippen molar-refractivity contribution < 1.29 is 5.11 Å². The van der Waals surface area contributed by atoms with E-state index >= 15 is 0 Å². The third kappa shape index (κ3) is 1.82. The quantitative estimate of drug-likeness (QED) is 0.531. The van der Waals surface area contributed by atoms with Gasteiger partial charge in [0.05, 0.1) is 5.60 Å². The van der Waals surface area contributed by atoms with E-state index in [-0.39, 0.29) is 0 Å². The number of hydrogen-bond donors (Lipinski definition) is 2. The molecule has 0 aromatic rings. The summed E-state index contributed by atoms with van der Waals surface area (Å²) >= 11 is 0. The summed E-state index contributed by atoms with van der Waals surface area (Å²) in [6.07, 6.45) is 4.64. The van der Waals surface area contributed by atoms with Crippen molar-refractivity contribution in [3.63, 3.8) is 0 Å². The summed E-state index contributed by atoms with van der Waals surface area (Å²) in [5.74, 6) is 0. The lowest BCUT2D eigenvalue weighted by Crippen LogP contribution is -2.27. The molecular weight excluding hydrogens is 126 g/mol. The highest BCUT2D eigenvalue weighted by Gasteiger charge is 2.22. The van der Waals surface area contributed by atoms with Crippen LogP contribution in [0.15, 0.2) is 11.6 Å². The zero-order valence-electron chi connectivity index (χ0n) is 6.43. The first-order chi connectivity index (χ1) is 4.64. The van der Waals surface area contributed by atoms with E-state index in [1.165, 1.54) is 5.57 Å². The first-order valence-electron chi connectivity index (χ1n) is 3.74. The van der Waals surface area contributed by atoms with Gasteiger partial charge in [-0.1, -0.05) is 11.6 Å². The largest absolute Gasteiger partial charge is 0.390 e. The Morgan fingerprint density at radius 3 is 2.90 bits per heavy atom. The summed E-state index contributed by atoms with van der Waals surface area (Å²) in [5.41, 5.74) is 6.25. The van der Waals surface area contributed by atoms with Crippen LogP contribution >= 0.6 is 0 Å². The Morgan fingerprint density at radius 2 is 2.50 bits per heavy atom. The molecular formula is C8H15NO. The zero-order valence-corrected chi connectivity index (χ0v) is 6.43. The smallest absolute Gasteiger partial charge is 0.0657 e. The van der Waals surface area contributed by atoms with Gasteiger partial charge in [-0.15, -0.1) is 0 Å². The summed E-state index contributed by atoms with van der Waals surface area (Å²) in [6, 6.07) is 0. The molecule has 0 spiro atoms. The first-order valence-corrected chi connectivity index (χ1v) is 3.74. The van der Waals surface area contributed by atoms with Crippen LogP contribution in [0.5, 0.6) is 0 Å². The molecule has 10 heavy (non-hydrogen) atoms. The van der Waals surface area contributed by atoms with Gasteiger partial charge in [0.2, 0.25) is 0 Å². The summed E-state index contributed by atoms with van der Waals surface area (Å²) in [4.78, 5) is 0. The Kier molecular flexibility index (Phi) is 2.11. The minimum absolute atomic E-state index is 0.474. The van der Waals surface area contributed by atoms with Gasteiger partial charge in [-0.3, -0.25) is 0 Å². The van der Waals surface area contributed by atoms with Crippen molar-refractivity contribution in [3.05, 3.63) is 11.6 Å². The zero-order chi connectivity index (χ0) is 7.61. The highest BCUT2D eigenvalue weighted by molar-refractivity contribution is 5.10. The van der Waals surface area contributed by atoms with Crippen molar-refractivity contribution >= 4 is 0 Å². The molecule has 1 rings (SSSR count). The van der Waals surface area contributed by atoms with Gasteiger partial charge in [-0.05, 0) is 26.2 Å². The van der Waals surface area contributed by atoms with Crippen molar-refractivity contribution in [1.82, 2.24) is 0 Å². The van der Waals surface area contributed by atoms with Crippen molar-refractivity contribution in [2.24, 2.45) is 5.73 Å². The van der Waals surface area contributed by atoms with Crippen LogP contribution in [-0.4, -0.2) is 17.3 Å². The molecule has 0 saturated carbocycles. The molecule has 0 aromatic heterocycles. The Morgan fingerprint density at radius 1 is 1.80 bits per heavy atom. The highest BCUT2D eigenvalue weighted by atomic mass is 16.3. The predicted octanol–water partition coefficient (Wildman–Crippen LogP) is 0.806. The molecule has 0 amide bonds. The van der Waals surface area contributed by atoms with E-state index in [2.05, 4.69) is 6.08 Å². The number of aliphatic hydroxyl groups is 1. The standard InChI is InChI=1S/C8H15NO/c1-8(10)4-2-7(6-9)3-5-8/h2,10H,3-6,9H2,1H3. The van der Waals surface area contributed by atoms with Gasteiger partial charge in [0.25, 0.3) is 0 Å². The van der Waals surface area contributed by atoms with Crippen molar-refractivity contribution in [1.29, 1.82) is 0 Å². The van der Waals surface area contributed by atoms with Crippen LogP contribution in [-0.2, 0) is 0 Å². The summed E-state index contributed by atoms with van der Waals surface area (Å²) in [6.45, 7) is 2.52. The van der Waals surface area contributed by atoms with Gasteiger partial charge in [-0.25, -0.2) is 0 Å². The van der Waals surface area contributed by atoms with E-state index in [1.54, 1.807) is 0 Å². The second-order valence-electron chi connectivity index (χ2n) is 3.27. The Labute approximate surface area is 61.7 Å². The predicted molar refractivity (Wildman–Crippen MR) is 41.6 cm³/mol. The normalized spacial score (nSPS) is 33.7. The summed E-state index contributed by atoms with van der Waals surface area (Å²) in [5, 5.41) is 9.50. The fraction of sp³-hybridized carbons (Fsp3) is 0.750. The van der Waals surface area contributed by atoms with Gasteiger partial charge < -0.3 is 10.8 Å². The maximum absolute atomic E-state index is 9.50. The molecule has 1 atom stereocenters. The molecule has 3 N–H and O–H groups in total. The van der Waals surface area contributed by atoms with Crippen LogP contribution in [0, 0.1) is 0 Å². The van der Waals surface area contributed by atoms with Gasteiger partial charge in [-0.2, -0.15) is 0 Å². The molecule has 1 aliphatic carbocycles. The molecule has 58 valence electrons. The minimum Gasteiger partial charge on any atom is -0.390 e. The fourth-order valence-corrected chi connectivity index (χ4v) is 1.18. The highest BCUT2D eigenvalue weighted by Crippen LogP contribution is 2.25. The number of rotatable bonds is 1. The second kappa shape index (κ2) is 2.72. The van der Waals surface area contributed by atoms with Crippen LogP contribution in [0.4, 0.5) is 0 Å². The first kappa shape index (κ1) is 7.76. The molecule has 2 nitrogen and oxygen atoms in total. The topological polar surface area (TPSA) is 46.2 Å². The average Bonchev–Trinajstić information content (AvgIpc) is 1.88. The third-order valence-electron chi connectivity index (χ3n) is 2.08. The van der Waals surface area contributed by atoms with Crippen LogP contribution in [0.3, 0.4) is 0 Å². The lowest BCUT2D eigenvalue weighted by atomic mass is 9.87. The van der Waals surface area contributed by atoms with Crippen molar-refractivity contribution in [2.45, 2.75) is 31.8 Å². The summed E-state index contributed by atoms with van der Waals surface area (Å²) < 4.78 is 0. The molecule has 0 bridgehead atoms. The summed E-state index contributed by atoms with van der Waals surface area (Å²) in [7, 11) is 0. The Bertz CT molecular complexity index is 149. The minimum atomic E-state index is -0.474. The van der Waals surface area contributed by atoms with Gasteiger partial charge in [0, 0.05) is 6.54 Å². The van der Waals surface area contributed by atoms with Crippen molar-refractivity contribution in [2.75, 3.05) is 6.54 Å². The Hall–Kier alpha value is -0.340. The van der Waals surface area contributed by atoms with Gasteiger partial charge in [0.1, 0.15) is 0 Å². The van der Waals surface area contributed by atoms with Crippen LogP contribution < -0.4 is 5.73 Å². The maximum Gasteiger partial charge on any atom is 0.0657 e. The third-order valence-corrected chi connectivity index (χ3v) is 2.08. The van der Waals surface area contributed by atoms with Gasteiger partial charge >= 0.3 is 0 Å². The number of hydrogen-bond acceptors (Lipinski definition) is 2. The monoisotopic (exact) mass is 141 g/mol. The SMILES string of the molecule is CC1(O)CC=C(CN)CC1. The molecule has 1 unspecified atom stereocenters. The van der Waals surface area contributed by atoms with E-state index in [9.17, 15) is 5.11 Å². The molecule has 0 heterocycles. The second-order valence-corrected chi connectivity index (χ2v) is 3.27. The van der Waals surface area contributed by atoms with Crippen LogP contribution in [0.25, 0.3) is 0 Å². The van der Waals surface area contributed by atoms with E-state index in [4.69, 9.17) is 5.73 Å². The van der Waals surface area contributed by atoms with E-state index < -0.39 is 5.60 Å². The molecule has 1 aliphatic rings. The lowest BCUT2D eigenvalue weighted by molar-refractivity contribution is 0.0494. The van der Waals surface area contributed by atoms with E-state index in [1.807, 2.05) is 6.92 Å². The van der Waals surface area contributed by atoms with Crippen LogP contribution in [0.2, 0.25) is 0 Å². The number of nitrogens with two attached hydrogens (primary N) is 1. The fourth-order valence-electron chi connectivity index (χ4n) is 1.18. The van der Waals surface area contributed by atoms with Crippen LogP contribution in [0.1, 0.15) is 26.2 Å². The van der Waals surface area contributed by atoms with E-state index in [0.717, 1.165) is 19.3 Å². The Balaban J connectivity index is 2.52. The molecule has 0 aliphatic heterocycles. The van der Waals surface area contributed by atoms with Gasteiger partial charge in [0.15, 0.2) is 0 Å².